The first-order valence-electron chi connectivity index (χ1n) is 6.44. The van der Waals surface area contributed by atoms with Gasteiger partial charge in [-0.25, -0.2) is 0 Å². The molecule has 1 rings (SSSR count). The van der Waals surface area contributed by atoms with Crippen molar-refractivity contribution in [3.05, 3.63) is 29.3 Å². The summed E-state index contributed by atoms with van der Waals surface area (Å²) in [6.45, 7) is 4.39. The van der Waals surface area contributed by atoms with Crippen molar-refractivity contribution in [2.45, 2.75) is 32.9 Å². The van der Waals surface area contributed by atoms with Crippen molar-refractivity contribution in [2.75, 3.05) is 6.61 Å². The minimum Gasteiger partial charge on any atom is -0.493 e. The third kappa shape index (κ3) is 4.43. The zero-order valence-electron chi connectivity index (χ0n) is 11.6. The first kappa shape index (κ1) is 16.3. The molecular formula is C14H19F3N2O. The number of hydrogen-bond donors (Lipinski definition) is 2. The van der Waals surface area contributed by atoms with E-state index in [1.807, 2.05) is 13.8 Å². The predicted octanol–water partition coefficient (Wildman–Crippen LogP) is 3.80. The van der Waals surface area contributed by atoms with Gasteiger partial charge < -0.3 is 10.5 Å². The lowest BCUT2D eigenvalue weighted by Crippen LogP contribution is -2.19. The molecule has 0 aliphatic carbocycles. The molecule has 0 aromatic heterocycles. The Morgan fingerprint density at radius 2 is 2.05 bits per heavy atom. The molecule has 0 radical (unpaired) electrons. The van der Waals surface area contributed by atoms with E-state index in [-0.39, 0.29) is 17.2 Å². The molecule has 0 aliphatic heterocycles. The molecule has 112 valence electrons. The number of halogens is 3. The lowest BCUT2D eigenvalue weighted by molar-refractivity contribution is -0.137. The Balaban J connectivity index is 2.93. The molecule has 1 aromatic carbocycles. The maximum Gasteiger partial charge on any atom is 0.417 e. The second-order valence-electron chi connectivity index (χ2n) is 4.82. The van der Waals surface area contributed by atoms with Crippen molar-refractivity contribution >= 4 is 5.84 Å². The van der Waals surface area contributed by atoms with Gasteiger partial charge in [0.2, 0.25) is 0 Å². The standard InChI is InChI=1S/C14H19F3N2O/c1-3-4-9(2)8-20-10-5-6-11(13(18)19)12(7-10)14(15,16)17/h5-7,9H,3-4,8H2,1-2H3,(H3,18,19). The lowest BCUT2D eigenvalue weighted by Gasteiger charge is -2.16. The molecule has 0 amide bonds. The van der Waals surface area contributed by atoms with E-state index in [9.17, 15) is 13.2 Å². The summed E-state index contributed by atoms with van der Waals surface area (Å²) in [6, 6.07) is 3.48. The van der Waals surface area contributed by atoms with Crippen molar-refractivity contribution < 1.29 is 17.9 Å². The summed E-state index contributed by atoms with van der Waals surface area (Å²) < 4.78 is 44.1. The molecule has 0 fully saturated rings. The number of alkyl halides is 3. The van der Waals surface area contributed by atoms with E-state index in [2.05, 4.69) is 0 Å². The first-order valence-corrected chi connectivity index (χ1v) is 6.44. The summed E-state index contributed by atoms with van der Waals surface area (Å²) in [5.74, 6) is -0.185. The Labute approximate surface area is 116 Å². The number of hydrogen-bond acceptors (Lipinski definition) is 2. The van der Waals surface area contributed by atoms with E-state index in [0.29, 0.717) is 6.61 Å². The van der Waals surface area contributed by atoms with Gasteiger partial charge in [-0.3, -0.25) is 5.41 Å². The third-order valence-electron chi connectivity index (χ3n) is 2.90. The molecule has 1 unspecified atom stereocenters. The van der Waals surface area contributed by atoms with Gasteiger partial charge in [0.15, 0.2) is 0 Å². The van der Waals surface area contributed by atoms with Crippen molar-refractivity contribution in [2.24, 2.45) is 11.7 Å². The normalized spacial score (nSPS) is 13.1. The van der Waals surface area contributed by atoms with Gasteiger partial charge in [0, 0.05) is 5.56 Å². The van der Waals surface area contributed by atoms with E-state index < -0.39 is 17.6 Å². The fourth-order valence-corrected chi connectivity index (χ4v) is 1.90. The molecule has 0 saturated heterocycles. The van der Waals surface area contributed by atoms with Crippen molar-refractivity contribution in [1.82, 2.24) is 0 Å². The Hall–Kier alpha value is -1.72. The molecular weight excluding hydrogens is 269 g/mol. The van der Waals surface area contributed by atoms with Gasteiger partial charge in [-0.1, -0.05) is 20.3 Å². The summed E-state index contributed by atoms with van der Waals surface area (Å²) in [5.41, 5.74) is 3.90. The summed E-state index contributed by atoms with van der Waals surface area (Å²) in [7, 11) is 0. The third-order valence-corrected chi connectivity index (χ3v) is 2.90. The van der Waals surface area contributed by atoms with E-state index in [1.165, 1.54) is 12.1 Å². The Morgan fingerprint density at radius 1 is 1.40 bits per heavy atom. The SMILES string of the molecule is CCCC(C)COc1ccc(C(=N)N)c(C(F)(F)F)c1. The van der Waals surface area contributed by atoms with Crippen LogP contribution in [0.5, 0.6) is 5.75 Å². The van der Waals surface area contributed by atoms with Crippen molar-refractivity contribution in [3.63, 3.8) is 0 Å². The highest BCUT2D eigenvalue weighted by atomic mass is 19.4. The van der Waals surface area contributed by atoms with Crippen LogP contribution in [0.4, 0.5) is 13.2 Å². The van der Waals surface area contributed by atoms with Crippen LogP contribution in [0.2, 0.25) is 0 Å². The largest absolute Gasteiger partial charge is 0.493 e. The highest BCUT2D eigenvalue weighted by molar-refractivity contribution is 5.96. The van der Waals surface area contributed by atoms with E-state index in [0.717, 1.165) is 18.9 Å². The number of ether oxygens (including phenoxy) is 1. The number of benzene rings is 1. The van der Waals surface area contributed by atoms with Crippen LogP contribution < -0.4 is 10.5 Å². The Morgan fingerprint density at radius 3 is 2.55 bits per heavy atom. The average Bonchev–Trinajstić information content (AvgIpc) is 2.35. The van der Waals surface area contributed by atoms with Gasteiger partial charge in [-0.05, 0) is 30.5 Å². The summed E-state index contributed by atoms with van der Waals surface area (Å²) >= 11 is 0. The highest BCUT2D eigenvalue weighted by Gasteiger charge is 2.34. The van der Waals surface area contributed by atoms with Gasteiger partial charge in [0.05, 0.1) is 12.2 Å². The summed E-state index contributed by atoms with van der Waals surface area (Å²) in [6.07, 6.45) is -2.60. The Kier molecular flexibility index (Phi) is 5.42. The molecule has 0 heterocycles. The average molecular weight is 288 g/mol. The van der Waals surface area contributed by atoms with Crippen LogP contribution in [0.15, 0.2) is 18.2 Å². The molecule has 1 aromatic rings. The molecule has 0 aliphatic rings. The fraction of sp³-hybridized carbons (Fsp3) is 0.500. The molecule has 0 bridgehead atoms. The monoisotopic (exact) mass is 288 g/mol. The quantitative estimate of drug-likeness (QED) is 0.618. The smallest absolute Gasteiger partial charge is 0.417 e. The number of nitrogens with two attached hydrogens (primary N) is 1. The van der Waals surface area contributed by atoms with Gasteiger partial charge in [0.25, 0.3) is 0 Å². The van der Waals surface area contributed by atoms with Crippen LogP contribution in [-0.4, -0.2) is 12.4 Å². The molecule has 3 nitrogen and oxygen atoms in total. The van der Waals surface area contributed by atoms with Crippen molar-refractivity contribution in [3.8, 4) is 5.75 Å². The predicted molar refractivity (Wildman–Crippen MR) is 72.0 cm³/mol. The second-order valence-corrected chi connectivity index (χ2v) is 4.82. The minimum atomic E-state index is -4.56. The van der Waals surface area contributed by atoms with E-state index in [1.54, 1.807) is 0 Å². The summed E-state index contributed by atoms with van der Waals surface area (Å²) in [5, 5.41) is 7.19. The van der Waals surface area contributed by atoms with Crippen LogP contribution in [0.25, 0.3) is 0 Å². The molecule has 3 N–H and O–H groups in total. The second kappa shape index (κ2) is 6.63. The van der Waals surface area contributed by atoms with Crippen molar-refractivity contribution in [1.29, 1.82) is 5.41 Å². The van der Waals surface area contributed by atoms with Gasteiger partial charge >= 0.3 is 6.18 Å². The van der Waals surface area contributed by atoms with Gasteiger partial charge in [0.1, 0.15) is 11.6 Å². The van der Waals surface area contributed by atoms with Crippen LogP contribution in [0.3, 0.4) is 0 Å². The lowest BCUT2D eigenvalue weighted by atomic mass is 10.1. The molecule has 0 spiro atoms. The highest BCUT2D eigenvalue weighted by Crippen LogP contribution is 2.34. The van der Waals surface area contributed by atoms with Gasteiger partial charge in [-0.15, -0.1) is 0 Å². The maximum atomic E-state index is 12.9. The number of amidine groups is 1. The van der Waals surface area contributed by atoms with Crippen LogP contribution >= 0.6 is 0 Å². The maximum absolute atomic E-state index is 12.9. The van der Waals surface area contributed by atoms with Gasteiger partial charge in [-0.2, -0.15) is 13.2 Å². The number of nitrogens with one attached hydrogen (secondary N) is 1. The number of rotatable bonds is 6. The minimum absolute atomic E-state index is 0.144. The van der Waals surface area contributed by atoms with E-state index in [4.69, 9.17) is 15.9 Å². The first-order chi connectivity index (χ1) is 9.25. The van der Waals surface area contributed by atoms with Crippen LogP contribution in [0, 0.1) is 11.3 Å². The molecule has 6 heteroatoms. The summed E-state index contributed by atoms with van der Waals surface area (Å²) in [4.78, 5) is 0. The number of nitrogen functional groups attached to an aromatic ring is 1. The zero-order valence-corrected chi connectivity index (χ0v) is 11.6. The zero-order chi connectivity index (χ0) is 15.3. The Bertz CT molecular complexity index is 472. The van der Waals surface area contributed by atoms with E-state index >= 15 is 0 Å². The molecule has 1 atom stereocenters. The van der Waals surface area contributed by atoms with Crippen LogP contribution in [-0.2, 0) is 6.18 Å². The molecule has 20 heavy (non-hydrogen) atoms. The topological polar surface area (TPSA) is 59.1 Å². The molecule has 0 saturated carbocycles. The fourth-order valence-electron chi connectivity index (χ4n) is 1.90. The van der Waals surface area contributed by atoms with Crippen LogP contribution in [0.1, 0.15) is 37.8 Å².